The van der Waals surface area contributed by atoms with Gasteiger partial charge in [0.2, 0.25) is 11.8 Å². The summed E-state index contributed by atoms with van der Waals surface area (Å²) in [7, 11) is -3.60. The summed E-state index contributed by atoms with van der Waals surface area (Å²) in [5.41, 5.74) is 5.79. The van der Waals surface area contributed by atoms with Crippen LogP contribution in [0.25, 0.3) is 10.4 Å². The number of hydrogen-bond donors (Lipinski definition) is 4. The number of hydrazine groups is 1. The fourth-order valence-electron chi connectivity index (χ4n) is 4.00. The van der Waals surface area contributed by atoms with Gasteiger partial charge >= 0.3 is 0 Å². The molecule has 1 saturated heterocycles. The highest BCUT2D eigenvalue weighted by atomic mass is 35.5. The van der Waals surface area contributed by atoms with Crippen molar-refractivity contribution in [1.82, 2.24) is 10.9 Å². The highest BCUT2D eigenvalue weighted by Crippen LogP contribution is 2.47. The Balaban J connectivity index is 0.00000385. The third-order valence-corrected chi connectivity index (χ3v) is 9.60. The summed E-state index contributed by atoms with van der Waals surface area (Å²) in [4.78, 5) is 25.4. The molecule has 3 rings (SSSR count). The van der Waals surface area contributed by atoms with E-state index in [0.29, 0.717) is 29.8 Å². The number of carbonyl (C=O) groups is 2. The number of hydrogen-bond acceptors (Lipinski definition) is 8. The number of hydroxylamine groups is 1. The van der Waals surface area contributed by atoms with Gasteiger partial charge in [0.25, 0.3) is 0 Å². The quantitative estimate of drug-likeness (QED) is 0.312. The van der Waals surface area contributed by atoms with Crippen LogP contribution in [0.15, 0.2) is 36.4 Å². The molecule has 182 valence electrons. The lowest BCUT2D eigenvalue weighted by Crippen LogP contribution is -2.43. The van der Waals surface area contributed by atoms with Crippen LogP contribution < -0.4 is 15.9 Å². The number of aliphatic hydroxyl groups excluding tert-OH is 1. The minimum absolute atomic E-state index is 0. The number of sulfone groups is 1. The smallest absolute Gasteiger partial charge is 0.245 e. The summed E-state index contributed by atoms with van der Waals surface area (Å²) in [5, 5.41) is 19.4. The van der Waals surface area contributed by atoms with Crippen molar-refractivity contribution in [3.05, 3.63) is 41.3 Å². The Morgan fingerprint density at radius 2 is 1.97 bits per heavy atom. The molecule has 0 bridgehead atoms. The predicted molar refractivity (Wildman–Crippen MR) is 129 cm³/mol. The molecule has 0 aliphatic carbocycles. The van der Waals surface area contributed by atoms with Crippen LogP contribution in [-0.2, 0) is 24.2 Å². The molecule has 1 aliphatic heterocycles. The van der Waals surface area contributed by atoms with Gasteiger partial charge in [-0.15, -0.1) is 23.7 Å². The molecular weight excluding hydrogens is 490 g/mol. The van der Waals surface area contributed by atoms with E-state index >= 15 is 0 Å². The van der Waals surface area contributed by atoms with Gasteiger partial charge in [-0.05, 0) is 42.7 Å². The molecule has 0 radical (unpaired) electrons. The topological polar surface area (TPSA) is 136 Å². The predicted octanol–water partition coefficient (Wildman–Crippen LogP) is 2.38. The average Bonchev–Trinajstić information content (AvgIpc) is 3.26. The largest absolute Gasteiger partial charge is 0.395 e. The minimum atomic E-state index is -3.60. The van der Waals surface area contributed by atoms with Crippen molar-refractivity contribution < 1.29 is 28.3 Å². The summed E-state index contributed by atoms with van der Waals surface area (Å²) in [6.45, 7) is 1.49. The molecule has 4 N–H and O–H groups in total. The number of nitrogens with zero attached hydrogens (tertiary/aromatic N) is 1. The van der Waals surface area contributed by atoms with Crippen LogP contribution in [0.3, 0.4) is 0 Å². The van der Waals surface area contributed by atoms with Gasteiger partial charge in [0.1, 0.15) is 4.75 Å². The van der Waals surface area contributed by atoms with E-state index in [1.165, 1.54) is 23.3 Å². The first-order valence-electron chi connectivity index (χ1n) is 10.2. The summed E-state index contributed by atoms with van der Waals surface area (Å²) in [6.07, 6.45) is 1.19. The summed E-state index contributed by atoms with van der Waals surface area (Å²) >= 11 is 1.29. The number of aliphatic hydroxyl groups is 1. The van der Waals surface area contributed by atoms with E-state index < -0.39 is 20.5 Å². The van der Waals surface area contributed by atoms with Gasteiger partial charge in [0, 0.05) is 23.2 Å². The number of halogens is 1. The zero-order chi connectivity index (χ0) is 23.4. The van der Waals surface area contributed by atoms with Crippen LogP contribution in [0.1, 0.15) is 37.5 Å². The van der Waals surface area contributed by atoms with Crippen molar-refractivity contribution >= 4 is 51.1 Å². The lowest BCUT2D eigenvalue weighted by Gasteiger charge is -2.35. The van der Waals surface area contributed by atoms with E-state index in [1.807, 2.05) is 6.07 Å². The Hall–Kier alpha value is -2.02. The lowest BCUT2D eigenvalue weighted by atomic mass is 9.94. The molecule has 1 atom stereocenters. The van der Waals surface area contributed by atoms with Gasteiger partial charge in [0.15, 0.2) is 9.84 Å². The molecule has 2 amide bonds. The molecule has 0 unspecified atom stereocenters. The first kappa shape index (κ1) is 27.2. The summed E-state index contributed by atoms with van der Waals surface area (Å²) in [6, 6.07) is 10.7. The fraction of sp³-hybridized carbons (Fsp3) is 0.429. The van der Waals surface area contributed by atoms with Crippen LogP contribution in [0.2, 0.25) is 0 Å². The number of thiophene rings is 1. The Morgan fingerprint density at radius 3 is 2.61 bits per heavy atom. The maximum absolute atomic E-state index is 13.1. The van der Waals surface area contributed by atoms with Gasteiger partial charge in [-0.25, -0.2) is 24.3 Å². The first-order valence-corrected chi connectivity index (χ1v) is 12.7. The second kappa shape index (κ2) is 11.4. The van der Waals surface area contributed by atoms with Crippen LogP contribution in [-0.4, -0.2) is 49.5 Å². The molecule has 9 nitrogen and oxygen atoms in total. The van der Waals surface area contributed by atoms with Gasteiger partial charge in [-0.3, -0.25) is 14.8 Å². The zero-order valence-electron chi connectivity index (χ0n) is 18.1. The molecule has 1 aromatic heterocycles. The van der Waals surface area contributed by atoms with Crippen molar-refractivity contribution in [1.29, 1.82) is 0 Å². The van der Waals surface area contributed by atoms with E-state index in [1.54, 1.807) is 35.8 Å². The number of carbonyl (C=O) groups excluding carboxylic acids is 2. The van der Waals surface area contributed by atoms with Crippen molar-refractivity contribution in [3.8, 4) is 10.4 Å². The standard InChI is InChI=1S/C21H27N3O6S2.ClH/c1-15(26)24(22-10-11-25)17-6-4-5-16(13-17)18-7-8-19(31-18)21(14-20(27)23-28)9-2-3-12-32(21,29)30;/h4-8,13,22,25,28H,2-3,9-12,14H2,1H3,(H,23,27);1H/t21-;/m0./s1. The SMILES string of the molecule is CC(=O)N(NCCO)c1cccc(-c2ccc([C@@]3(CC(=O)NO)CCCCS3(=O)=O)s2)c1.Cl. The Labute approximate surface area is 203 Å². The molecule has 1 fully saturated rings. The number of benzene rings is 1. The van der Waals surface area contributed by atoms with Crippen LogP contribution >= 0.6 is 23.7 Å². The second-order valence-corrected chi connectivity index (χ2v) is 11.2. The van der Waals surface area contributed by atoms with Crippen molar-refractivity contribution in [2.24, 2.45) is 0 Å². The molecule has 0 spiro atoms. The second-order valence-electron chi connectivity index (χ2n) is 7.68. The Bertz CT molecular complexity index is 1090. The normalized spacial score (nSPS) is 19.4. The monoisotopic (exact) mass is 517 g/mol. The van der Waals surface area contributed by atoms with Gasteiger partial charge in [0.05, 0.1) is 24.5 Å². The van der Waals surface area contributed by atoms with Crippen molar-refractivity contribution in [3.63, 3.8) is 0 Å². The van der Waals surface area contributed by atoms with Gasteiger partial charge in [-0.1, -0.05) is 18.6 Å². The molecule has 1 aliphatic rings. The summed E-state index contributed by atoms with van der Waals surface area (Å²) in [5.74, 6) is -0.984. The highest BCUT2D eigenvalue weighted by Gasteiger charge is 2.49. The van der Waals surface area contributed by atoms with Crippen molar-refractivity contribution in [2.75, 3.05) is 23.9 Å². The van der Waals surface area contributed by atoms with E-state index in [4.69, 9.17) is 10.3 Å². The highest BCUT2D eigenvalue weighted by molar-refractivity contribution is 7.92. The number of nitrogens with one attached hydrogen (secondary N) is 2. The maximum Gasteiger partial charge on any atom is 0.245 e. The van der Waals surface area contributed by atoms with Crippen LogP contribution in [0, 0.1) is 0 Å². The third kappa shape index (κ3) is 5.73. The Kier molecular flexibility index (Phi) is 9.41. The molecule has 1 aromatic carbocycles. The zero-order valence-corrected chi connectivity index (χ0v) is 20.6. The molecule has 0 saturated carbocycles. The van der Waals surface area contributed by atoms with Gasteiger partial charge in [-0.2, -0.15) is 0 Å². The molecular formula is C21H28ClN3O6S2. The lowest BCUT2D eigenvalue weighted by molar-refractivity contribution is -0.130. The Morgan fingerprint density at radius 1 is 1.21 bits per heavy atom. The number of anilines is 1. The van der Waals surface area contributed by atoms with Crippen molar-refractivity contribution in [2.45, 2.75) is 37.4 Å². The summed E-state index contributed by atoms with van der Waals surface area (Å²) < 4.78 is 24.8. The van der Waals surface area contributed by atoms with E-state index in [0.717, 1.165) is 10.4 Å². The van der Waals surface area contributed by atoms with E-state index in [-0.39, 0.29) is 43.6 Å². The minimum Gasteiger partial charge on any atom is -0.395 e. The molecule has 2 aromatic rings. The average molecular weight is 518 g/mol. The first-order chi connectivity index (χ1) is 15.2. The van der Waals surface area contributed by atoms with E-state index in [9.17, 15) is 18.0 Å². The van der Waals surface area contributed by atoms with Crippen LogP contribution in [0.5, 0.6) is 0 Å². The van der Waals surface area contributed by atoms with Gasteiger partial charge < -0.3 is 5.11 Å². The number of amides is 2. The maximum atomic E-state index is 13.1. The molecule has 12 heteroatoms. The fourth-order valence-corrected chi connectivity index (χ4v) is 7.77. The molecule has 2 heterocycles. The third-order valence-electron chi connectivity index (χ3n) is 5.55. The van der Waals surface area contributed by atoms with Crippen LogP contribution in [0.4, 0.5) is 5.69 Å². The van der Waals surface area contributed by atoms with E-state index in [2.05, 4.69) is 5.43 Å². The number of rotatable bonds is 8. The molecule has 33 heavy (non-hydrogen) atoms.